The fourth-order valence-electron chi connectivity index (χ4n) is 4.38. The van der Waals surface area contributed by atoms with Crippen molar-refractivity contribution in [3.05, 3.63) is 75.8 Å². The molecule has 5 rings (SSSR count). The molecule has 162 valence electrons. The van der Waals surface area contributed by atoms with E-state index in [-0.39, 0.29) is 29.4 Å². The highest BCUT2D eigenvalue weighted by Crippen LogP contribution is 2.48. The van der Waals surface area contributed by atoms with Gasteiger partial charge in [0.2, 0.25) is 0 Å². The summed E-state index contributed by atoms with van der Waals surface area (Å²) < 4.78 is 24.3. The first-order chi connectivity index (χ1) is 15.6. The van der Waals surface area contributed by atoms with Gasteiger partial charge in [0.1, 0.15) is 11.3 Å². The van der Waals surface area contributed by atoms with Gasteiger partial charge in [-0.05, 0) is 54.7 Å². The van der Waals surface area contributed by atoms with Gasteiger partial charge in [0.15, 0.2) is 5.75 Å². The largest absolute Gasteiger partial charge is 0.493 e. The number of nitro benzene ring substituents is 1. The molecule has 0 aliphatic carbocycles. The van der Waals surface area contributed by atoms with Crippen molar-refractivity contribution in [1.82, 2.24) is 4.98 Å². The molecule has 4 aromatic rings. The summed E-state index contributed by atoms with van der Waals surface area (Å²) in [6.07, 6.45) is 1.78. The standard InChI is InChI=1S/C24H19FN2O4S/c1-14-23(27(28)29)22-18(13-19(26-22)15-6-3-2-4-7-15)21(24(14)31-32-25)17-9-10-20-16(12-17)8-5-11-30-20/h2-4,6-7,9-10,12-13,26H,5,8,11H2,1H3. The Labute approximate surface area is 188 Å². The molecular weight excluding hydrogens is 431 g/mol. The first kappa shape index (κ1) is 20.4. The average Bonchev–Trinajstić information content (AvgIpc) is 3.24. The minimum absolute atomic E-state index is 0.128. The van der Waals surface area contributed by atoms with E-state index >= 15 is 0 Å². The van der Waals surface area contributed by atoms with E-state index in [2.05, 4.69) is 4.98 Å². The smallest absolute Gasteiger partial charge is 0.299 e. The number of nitrogens with zero attached hydrogens (tertiary/aromatic N) is 1. The molecule has 0 amide bonds. The lowest BCUT2D eigenvalue weighted by atomic mass is 9.93. The number of H-pyrrole nitrogens is 1. The zero-order valence-electron chi connectivity index (χ0n) is 17.2. The summed E-state index contributed by atoms with van der Waals surface area (Å²) >= 11 is -0.319. The second kappa shape index (κ2) is 8.20. The molecule has 0 atom stereocenters. The van der Waals surface area contributed by atoms with E-state index in [0.29, 0.717) is 23.1 Å². The van der Waals surface area contributed by atoms with E-state index in [1.165, 1.54) is 0 Å². The molecule has 1 aromatic heterocycles. The lowest BCUT2D eigenvalue weighted by molar-refractivity contribution is -0.383. The predicted octanol–water partition coefficient (Wildman–Crippen LogP) is 6.96. The van der Waals surface area contributed by atoms with Crippen molar-refractivity contribution >= 4 is 29.0 Å². The minimum Gasteiger partial charge on any atom is -0.493 e. The van der Waals surface area contributed by atoms with Crippen molar-refractivity contribution in [3.63, 3.8) is 0 Å². The number of fused-ring (bicyclic) bond motifs is 2. The van der Waals surface area contributed by atoms with Gasteiger partial charge in [-0.15, -0.1) is 3.89 Å². The van der Waals surface area contributed by atoms with Crippen LogP contribution in [0.2, 0.25) is 0 Å². The first-order valence-electron chi connectivity index (χ1n) is 10.2. The van der Waals surface area contributed by atoms with E-state index in [9.17, 15) is 14.0 Å². The fourth-order valence-corrected chi connectivity index (χ4v) is 4.65. The van der Waals surface area contributed by atoms with Crippen molar-refractivity contribution in [2.75, 3.05) is 6.61 Å². The van der Waals surface area contributed by atoms with Gasteiger partial charge in [-0.1, -0.05) is 36.4 Å². The highest BCUT2D eigenvalue weighted by atomic mass is 32.2. The van der Waals surface area contributed by atoms with Crippen LogP contribution in [-0.2, 0) is 6.42 Å². The van der Waals surface area contributed by atoms with Crippen LogP contribution in [0.15, 0.2) is 54.6 Å². The molecule has 0 radical (unpaired) electrons. The Kier molecular flexibility index (Phi) is 5.22. The van der Waals surface area contributed by atoms with Gasteiger partial charge in [-0.3, -0.25) is 10.1 Å². The summed E-state index contributed by atoms with van der Waals surface area (Å²) in [4.78, 5) is 14.8. The van der Waals surface area contributed by atoms with Crippen LogP contribution >= 0.6 is 12.4 Å². The molecule has 1 aliphatic rings. The maximum absolute atomic E-state index is 13.3. The van der Waals surface area contributed by atoms with Crippen LogP contribution in [0.3, 0.4) is 0 Å². The van der Waals surface area contributed by atoms with Crippen LogP contribution in [0.25, 0.3) is 33.3 Å². The van der Waals surface area contributed by atoms with E-state index in [1.807, 2.05) is 54.6 Å². The third-order valence-electron chi connectivity index (χ3n) is 5.83. The van der Waals surface area contributed by atoms with E-state index < -0.39 is 4.92 Å². The molecule has 1 N–H and O–H groups in total. The summed E-state index contributed by atoms with van der Waals surface area (Å²) in [5, 5.41) is 12.6. The van der Waals surface area contributed by atoms with Gasteiger partial charge in [0, 0.05) is 16.6 Å². The molecular formula is C24H19FN2O4S. The minimum atomic E-state index is -0.455. The van der Waals surface area contributed by atoms with Crippen molar-refractivity contribution in [2.24, 2.45) is 0 Å². The van der Waals surface area contributed by atoms with Crippen LogP contribution < -0.4 is 8.92 Å². The van der Waals surface area contributed by atoms with Gasteiger partial charge in [-0.2, -0.15) is 0 Å². The van der Waals surface area contributed by atoms with Crippen LogP contribution in [0, 0.1) is 17.0 Å². The zero-order valence-corrected chi connectivity index (χ0v) is 18.0. The number of nitrogens with one attached hydrogen (secondary N) is 1. The molecule has 32 heavy (non-hydrogen) atoms. The van der Waals surface area contributed by atoms with Crippen molar-refractivity contribution in [3.8, 4) is 33.9 Å². The number of aromatic amines is 1. The Morgan fingerprint density at radius 3 is 2.72 bits per heavy atom. The summed E-state index contributed by atoms with van der Waals surface area (Å²) in [7, 11) is 0. The Hall–Kier alpha value is -3.52. The van der Waals surface area contributed by atoms with Gasteiger partial charge in [0.25, 0.3) is 18.1 Å². The van der Waals surface area contributed by atoms with Gasteiger partial charge in [0.05, 0.1) is 17.1 Å². The molecule has 1 aliphatic heterocycles. The molecule has 0 fully saturated rings. The summed E-state index contributed by atoms with van der Waals surface area (Å²) in [5.41, 5.74) is 4.59. The van der Waals surface area contributed by atoms with Crippen molar-refractivity contribution in [1.29, 1.82) is 0 Å². The van der Waals surface area contributed by atoms with E-state index in [0.717, 1.165) is 41.0 Å². The average molecular weight is 450 g/mol. The highest BCUT2D eigenvalue weighted by Gasteiger charge is 2.29. The maximum atomic E-state index is 13.3. The number of benzene rings is 3. The highest BCUT2D eigenvalue weighted by molar-refractivity contribution is 7.89. The fraction of sp³-hybridized carbons (Fsp3) is 0.167. The molecule has 6 nitrogen and oxygen atoms in total. The molecule has 0 saturated heterocycles. The molecule has 8 heteroatoms. The van der Waals surface area contributed by atoms with E-state index in [1.54, 1.807) is 6.92 Å². The van der Waals surface area contributed by atoms with Crippen molar-refractivity contribution < 1.29 is 17.7 Å². The van der Waals surface area contributed by atoms with Gasteiger partial charge < -0.3 is 13.9 Å². The lowest BCUT2D eigenvalue weighted by Crippen LogP contribution is -2.08. The number of hydrogen-bond acceptors (Lipinski definition) is 5. The number of ether oxygens (including phenoxy) is 1. The van der Waals surface area contributed by atoms with Crippen LogP contribution in [0.5, 0.6) is 11.5 Å². The first-order valence-corrected chi connectivity index (χ1v) is 10.8. The Balaban J connectivity index is 1.84. The number of aryl methyl sites for hydroxylation is 1. The van der Waals surface area contributed by atoms with Crippen molar-refractivity contribution in [2.45, 2.75) is 19.8 Å². The summed E-state index contributed by atoms with van der Waals surface area (Å²) in [5.74, 6) is 0.975. The van der Waals surface area contributed by atoms with Crippen LogP contribution in [-0.4, -0.2) is 16.5 Å². The van der Waals surface area contributed by atoms with Crippen LogP contribution in [0.4, 0.5) is 9.57 Å². The maximum Gasteiger partial charge on any atom is 0.299 e. The SMILES string of the molecule is Cc1c(OSF)c(-c2ccc3c(c2)CCCO3)c2cc(-c3ccccc3)[nH]c2c1[N+](=O)[O-]. The molecule has 0 unspecified atom stereocenters. The number of aromatic nitrogens is 1. The number of halogens is 1. The summed E-state index contributed by atoms with van der Waals surface area (Å²) in [6, 6.07) is 17.2. The van der Waals surface area contributed by atoms with Gasteiger partial charge in [-0.25, -0.2) is 0 Å². The Morgan fingerprint density at radius 1 is 1.16 bits per heavy atom. The predicted molar refractivity (Wildman–Crippen MR) is 124 cm³/mol. The topological polar surface area (TPSA) is 77.4 Å². The van der Waals surface area contributed by atoms with Crippen LogP contribution in [0.1, 0.15) is 17.5 Å². The molecule has 0 saturated carbocycles. The molecule has 2 heterocycles. The Morgan fingerprint density at radius 2 is 1.97 bits per heavy atom. The number of hydrogen-bond donors (Lipinski definition) is 1. The second-order valence-corrected chi connectivity index (χ2v) is 7.99. The third-order valence-corrected chi connectivity index (χ3v) is 6.06. The quantitative estimate of drug-likeness (QED) is 0.202. The van der Waals surface area contributed by atoms with Gasteiger partial charge >= 0.3 is 0 Å². The molecule has 0 spiro atoms. The number of nitro groups is 1. The number of rotatable bonds is 5. The summed E-state index contributed by atoms with van der Waals surface area (Å²) in [6.45, 7) is 2.26. The monoisotopic (exact) mass is 450 g/mol. The third kappa shape index (κ3) is 3.36. The van der Waals surface area contributed by atoms with E-state index in [4.69, 9.17) is 8.92 Å². The lowest BCUT2D eigenvalue weighted by Gasteiger charge is -2.19. The normalized spacial score (nSPS) is 12.9. The Bertz CT molecular complexity index is 1340. The molecule has 3 aromatic carbocycles. The molecule has 0 bridgehead atoms. The zero-order chi connectivity index (χ0) is 22.2. The second-order valence-electron chi connectivity index (χ2n) is 7.69.